The number of carboxylic acids is 1. The zero-order chi connectivity index (χ0) is 21.8. The molecule has 0 spiro atoms. The summed E-state index contributed by atoms with van der Waals surface area (Å²) in [5, 5.41) is 34.6. The quantitative estimate of drug-likeness (QED) is 0.284. The molecule has 8 N–H and O–H groups in total. The van der Waals surface area contributed by atoms with Crippen molar-refractivity contribution in [3.05, 3.63) is 35.4 Å². The Balaban J connectivity index is 1.69. The van der Waals surface area contributed by atoms with Crippen LogP contribution in [-0.4, -0.2) is 95.2 Å². The summed E-state index contributed by atoms with van der Waals surface area (Å²) < 4.78 is 0. The summed E-state index contributed by atoms with van der Waals surface area (Å²) in [6.45, 7) is 11.8. The molecule has 0 saturated carbocycles. The maximum Gasteiger partial charge on any atom is 0.335 e. The van der Waals surface area contributed by atoms with Crippen molar-refractivity contribution in [1.29, 1.82) is 0 Å². The van der Waals surface area contributed by atoms with E-state index in [0.717, 1.165) is 84.1 Å². The maximum absolute atomic E-state index is 11.1. The smallest absolute Gasteiger partial charge is 0.335 e. The van der Waals surface area contributed by atoms with Gasteiger partial charge in [-0.15, -0.1) is 0 Å². The Morgan fingerprint density at radius 3 is 1.71 bits per heavy atom. The highest BCUT2D eigenvalue weighted by Gasteiger charge is 2.29. The molecular formula is C22H39N7O2. The Morgan fingerprint density at radius 2 is 1.26 bits per heavy atom. The van der Waals surface area contributed by atoms with Crippen LogP contribution in [0.15, 0.2) is 24.3 Å². The lowest BCUT2D eigenvalue weighted by Crippen LogP contribution is -2.64. The van der Waals surface area contributed by atoms with Gasteiger partial charge in [0.15, 0.2) is 0 Å². The van der Waals surface area contributed by atoms with Crippen LogP contribution in [0.2, 0.25) is 0 Å². The fraction of sp³-hybridized carbons (Fsp3) is 0.682. The summed E-state index contributed by atoms with van der Waals surface area (Å²) in [6.07, 6.45) is 0. The highest BCUT2D eigenvalue weighted by molar-refractivity contribution is 5.87. The van der Waals surface area contributed by atoms with Crippen LogP contribution in [0.4, 0.5) is 0 Å². The third kappa shape index (κ3) is 8.46. The predicted molar refractivity (Wildman–Crippen MR) is 124 cm³/mol. The molecule has 0 radical (unpaired) electrons. The second kappa shape index (κ2) is 13.1. The molecule has 0 atom stereocenters. The summed E-state index contributed by atoms with van der Waals surface area (Å²) in [7, 11) is 0. The number of carboxylic acid groups (broad SMARTS) is 1. The molecule has 1 aromatic rings. The van der Waals surface area contributed by atoms with Gasteiger partial charge in [-0.2, -0.15) is 0 Å². The van der Waals surface area contributed by atoms with E-state index >= 15 is 0 Å². The first kappa shape index (κ1) is 24.1. The molecular weight excluding hydrogens is 394 g/mol. The van der Waals surface area contributed by atoms with Crippen molar-refractivity contribution < 1.29 is 9.90 Å². The van der Waals surface area contributed by atoms with Gasteiger partial charge in [-0.05, 0) is 23.6 Å². The van der Waals surface area contributed by atoms with Gasteiger partial charge >= 0.3 is 5.97 Å². The van der Waals surface area contributed by atoms with Crippen molar-refractivity contribution in [1.82, 2.24) is 37.2 Å². The standard InChI is InChI=1S/C22H39N7O2/c30-21(31)20-3-1-18(2-4-20)14-29-22-15-26-8-5-23-11-19(12-24-6-9-27-16-22)13-25-7-10-28-17-22/h1-4,19,23-29H,5-17H2,(H,30,31). The molecule has 9 nitrogen and oxygen atoms in total. The minimum atomic E-state index is -0.894. The van der Waals surface area contributed by atoms with Gasteiger partial charge in [-0.3, -0.25) is 0 Å². The molecule has 4 rings (SSSR count). The number of hydrogen-bond acceptors (Lipinski definition) is 8. The summed E-state index contributed by atoms with van der Waals surface area (Å²) in [5.74, 6) is -0.311. The molecule has 3 heterocycles. The van der Waals surface area contributed by atoms with E-state index in [1.807, 2.05) is 12.1 Å². The fourth-order valence-corrected chi connectivity index (χ4v) is 4.08. The van der Waals surface area contributed by atoms with Crippen LogP contribution < -0.4 is 37.2 Å². The highest BCUT2D eigenvalue weighted by Crippen LogP contribution is 2.08. The summed E-state index contributed by atoms with van der Waals surface area (Å²) in [4.78, 5) is 11.1. The monoisotopic (exact) mass is 433 g/mol. The minimum Gasteiger partial charge on any atom is -0.478 e. The van der Waals surface area contributed by atoms with Crippen LogP contribution in [0.1, 0.15) is 15.9 Å². The molecule has 3 aliphatic heterocycles. The van der Waals surface area contributed by atoms with Crippen LogP contribution in [-0.2, 0) is 6.54 Å². The lowest BCUT2D eigenvalue weighted by molar-refractivity contribution is 0.0697. The van der Waals surface area contributed by atoms with Crippen molar-refractivity contribution in [2.75, 3.05) is 78.5 Å². The molecule has 3 fully saturated rings. The topological polar surface area (TPSA) is 122 Å². The van der Waals surface area contributed by atoms with E-state index in [1.165, 1.54) is 0 Å². The molecule has 0 unspecified atom stereocenters. The van der Waals surface area contributed by atoms with Gasteiger partial charge in [0.05, 0.1) is 11.1 Å². The Morgan fingerprint density at radius 1 is 0.806 bits per heavy atom. The Labute approximate surface area is 185 Å². The molecule has 0 amide bonds. The van der Waals surface area contributed by atoms with Gasteiger partial charge in [-0.25, -0.2) is 4.79 Å². The minimum absolute atomic E-state index is 0.164. The fourth-order valence-electron chi connectivity index (χ4n) is 4.08. The number of aromatic carboxylic acids is 1. The van der Waals surface area contributed by atoms with Gasteiger partial charge in [0.2, 0.25) is 0 Å². The molecule has 9 heteroatoms. The second-order valence-electron chi connectivity index (χ2n) is 8.64. The number of fused-ring (bicyclic) bond motifs is 15. The average molecular weight is 434 g/mol. The zero-order valence-electron chi connectivity index (χ0n) is 18.4. The van der Waals surface area contributed by atoms with Crippen LogP contribution >= 0.6 is 0 Å². The molecule has 0 aromatic heterocycles. The summed E-state index contributed by atoms with van der Waals surface area (Å²) >= 11 is 0. The third-order valence-corrected chi connectivity index (χ3v) is 5.99. The molecule has 1 aromatic carbocycles. The van der Waals surface area contributed by atoms with Crippen molar-refractivity contribution in [3.63, 3.8) is 0 Å². The van der Waals surface area contributed by atoms with E-state index < -0.39 is 5.97 Å². The van der Waals surface area contributed by atoms with E-state index in [4.69, 9.17) is 5.11 Å². The van der Waals surface area contributed by atoms with E-state index in [2.05, 4.69) is 37.2 Å². The van der Waals surface area contributed by atoms with Crippen LogP contribution in [0.5, 0.6) is 0 Å². The number of nitrogens with one attached hydrogen (secondary N) is 7. The van der Waals surface area contributed by atoms with Gasteiger partial charge in [0, 0.05) is 85.1 Å². The molecule has 3 saturated heterocycles. The third-order valence-electron chi connectivity index (χ3n) is 5.99. The lowest BCUT2D eigenvalue weighted by atomic mass is 9.97. The molecule has 2 bridgehead atoms. The van der Waals surface area contributed by atoms with Gasteiger partial charge < -0.3 is 42.3 Å². The summed E-state index contributed by atoms with van der Waals surface area (Å²) in [5.41, 5.74) is 1.23. The first-order valence-electron chi connectivity index (χ1n) is 11.5. The van der Waals surface area contributed by atoms with E-state index in [-0.39, 0.29) is 5.54 Å². The summed E-state index contributed by atoms with van der Waals surface area (Å²) in [6, 6.07) is 7.12. The number of carbonyl (C=O) groups is 1. The maximum atomic E-state index is 11.1. The largest absolute Gasteiger partial charge is 0.478 e. The van der Waals surface area contributed by atoms with E-state index in [1.54, 1.807) is 12.1 Å². The van der Waals surface area contributed by atoms with Crippen molar-refractivity contribution >= 4 is 5.97 Å². The predicted octanol–water partition coefficient (Wildman–Crippen LogP) is -1.61. The molecule has 3 aliphatic rings. The number of benzene rings is 1. The molecule has 0 aliphatic carbocycles. The number of hydrogen-bond donors (Lipinski definition) is 8. The van der Waals surface area contributed by atoms with Gasteiger partial charge in [0.25, 0.3) is 0 Å². The van der Waals surface area contributed by atoms with Gasteiger partial charge in [-0.1, -0.05) is 12.1 Å². The first-order valence-corrected chi connectivity index (χ1v) is 11.5. The normalized spacial score (nSPS) is 27.3. The van der Waals surface area contributed by atoms with E-state index in [9.17, 15) is 4.79 Å². The van der Waals surface area contributed by atoms with Gasteiger partial charge in [0.1, 0.15) is 0 Å². The SMILES string of the molecule is O=C(O)c1ccc(CNC23CNCCNCC(CNCCNC2)CNCCNC3)cc1. The zero-order valence-corrected chi connectivity index (χ0v) is 18.4. The van der Waals surface area contributed by atoms with E-state index in [0.29, 0.717) is 18.0 Å². The van der Waals surface area contributed by atoms with Crippen molar-refractivity contribution in [3.8, 4) is 0 Å². The first-order chi connectivity index (χ1) is 15.2. The average Bonchev–Trinajstić information content (AvgIpc) is 2.78. The second-order valence-corrected chi connectivity index (χ2v) is 8.64. The van der Waals surface area contributed by atoms with Crippen molar-refractivity contribution in [2.24, 2.45) is 5.92 Å². The van der Waals surface area contributed by atoms with Crippen LogP contribution in [0.25, 0.3) is 0 Å². The lowest BCUT2D eigenvalue weighted by Gasteiger charge is -2.37. The Bertz CT molecular complexity index is 615. The Kier molecular flexibility index (Phi) is 10.1. The Hall–Kier alpha value is -1.59. The van der Waals surface area contributed by atoms with Crippen molar-refractivity contribution in [2.45, 2.75) is 12.1 Å². The number of rotatable bonds is 4. The molecule has 174 valence electrons. The highest BCUT2D eigenvalue weighted by atomic mass is 16.4. The van der Waals surface area contributed by atoms with Crippen LogP contribution in [0, 0.1) is 5.92 Å². The molecule has 31 heavy (non-hydrogen) atoms. The van der Waals surface area contributed by atoms with Crippen LogP contribution in [0.3, 0.4) is 0 Å².